The lowest BCUT2D eigenvalue weighted by Crippen LogP contribution is -2.09. The number of para-hydroxylation sites is 1. The third-order valence-corrected chi connectivity index (χ3v) is 6.57. The number of ether oxygens (including phenoxy) is 1. The van der Waals surface area contributed by atoms with Gasteiger partial charge in [-0.2, -0.15) is 0 Å². The molecule has 1 saturated carbocycles. The lowest BCUT2D eigenvalue weighted by atomic mass is 9.95. The average Bonchev–Trinajstić information content (AvgIpc) is 3.59. The van der Waals surface area contributed by atoms with Crippen LogP contribution in [0, 0.1) is 5.92 Å². The van der Waals surface area contributed by atoms with Gasteiger partial charge in [0, 0.05) is 29.9 Å². The van der Waals surface area contributed by atoms with E-state index in [9.17, 15) is 4.79 Å². The maximum atomic E-state index is 13.0. The van der Waals surface area contributed by atoms with Crippen LogP contribution in [-0.4, -0.2) is 17.0 Å². The first-order valence-corrected chi connectivity index (χ1v) is 12.0. The highest BCUT2D eigenvalue weighted by atomic mass is 16.5. The second-order valence-corrected chi connectivity index (χ2v) is 9.57. The minimum atomic E-state index is 0.0808. The van der Waals surface area contributed by atoms with Crippen molar-refractivity contribution in [2.24, 2.45) is 5.92 Å². The number of nitrogens with zero attached hydrogens (tertiary/aromatic N) is 1. The molecule has 4 aromatic rings. The molecule has 0 unspecified atom stereocenters. The topological polar surface area (TPSA) is 31.2 Å². The Balaban J connectivity index is 1.61. The molecule has 0 radical (unpaired) electrons. The maximum Gasteiger partial charge on any atom is 0.176 e. The Kier molecular flexibility index (Phi) is 5.80. The smallest absolute Gasteiger partial charge is 0.176 e. The second-order valence-electron chi connectivity index (χ2n) is 9.57. The minimum absolute atomic E-state index is 0.0808. The molecule has 33 heavy (non-hydrogen) atoms. The molecule has 0 saturated heterocycles. The molecule has 168 valence electrons. The van der Waals surface area contributed by atoms with Crippen molar-refractivity contribution in [3.05, 3.63) is 89.6 Å². The second kappa shape index (κ2) is 8.90. The molecule has 3 heteroatoms. The Labute approximate surface area is 196 Å². The van der Waals surface area contributed by atoms with Crippen LogP contribution in [0.2, 0.25) is 0 Å². The van der Waals surface area contributed by atoms with Gasteiger partial charge in [0.15, 0.2) is 5.78 Å². The van der Waals surface area contributed by atoms with Crippen molar-refractivity contribution < 1.29 is 9.53 Å². The maximum absolute atomic E-state index is 13.0. The van der Waals surface area contributed by atoms with Gasteiger partial charge in [0.1, 0.15) is 5.75 Å². The van der Waals surface area contributed by atoms with E-state index in [0.29, 0.717) is 12.5 Å². The molecule has 1 heterocycles. The molecule has 1 aliphatic carbocycles. The van der Waals surface area contributed by atoms with Gasteiger partial charge < -0.3 is 9.30 Å². The van der Waals surface area contributed by atoms with Gasteiger partial charge in [-0.15, -0.1) is 0 Å². The van der Waals surface area contributed by atoms with Crippen molar-refractivity contribution in [2.45, 2.75) is 46.1 Å². The Morgan fingerprint density at radius 2 is 1.79 bits per heavy atom. The normalized spacial score (nSPS) is 13.6. The summed E-state index contributed by atoms with van der Waals surface area (Å²) < 4.78 is 8.18. The molecule has 3 nitrogen and oxygen atoms in total. The molecule has 1 fully saturated rings. The fraction of sp³-hybridized carbons (Fsp3) is 0.300. The Bertz CT molecular complexity index is 1310. The van der Waals surface area contributed by atoms with Crippen molar-refractivity contribution in [2.75, 3.05) is 6.61 Å². The molecule has 1 aliphatic rings. The summed E-state index contributed by atoms with van der Waals surface area (Å²) >= 11 is 0. The van der Waals surface area contributed by atoms with Crippen LogP contribution in [0.3, 0.4) is 0 Å². The molecule has 1 aromatic heterocycles. The van der Waals surface area contributed by atoms with E-state index in [4.69, 9.17) is 4.74 Å². The number of carbonyl (C=O) groups is 1. The van der Waals surface area contributed by atoms with Crippen molar-refractivity contribution in [3.8, 4) is 16.9 Å². The van der Waals surface area contributed by atoms with Gasteiger partial charge in [-0.3, -0.25) is 4.79 Å². The van der Waals surface area contributed by atoms with E-state index in [2.05, 4.69) is 73.0 Å². The number of hydrogen-bond acceptors (Lipinski definition) is 2. The number of ketones is 1. The lowest BCUT2D eigenvalue weighted by Gasteiger charge is -2.13. The summed E-state index contributed by atoms with van der Waals surface area (Å²) in [6, 6.07) is 25.3. The van der Waals surface area contributed by atoms with Gasteiger partial charge in [-0.05, 0) is 59.6 Å². The molecule has 5 rings (SSSR count). The van der Waals surface area contributed by atoms with E-state index in [-0.39, 0.29) is 5.78 Å². The van der Waals surface area contributed by atoms with Gasteiger partial charge >= 0.3 is 0 Å². The fourth-order valence-electron chi connectivity index (χ4n) is 4.59. The Morgan fingerprint density at radius 3 is 2.55 bits per heavy atom. The van der Waals surface area contributed by atoms with Crippen LogP contribution in [0.15, 0.2) is 72.8 Å². The van der Waals surface area contributed by atoms with Gasteiger partial charge in [-0.1, -0.05) is 68.4 Å². The molecular formula is C30H31NO2. The summed E-state index contributed by atoms with van der Waals surface area (Å²) in [5.41, 5.74) is 6.39. The van der Waals surface area contributed by atoms with Gasteiger partial charge in [0.25, 0.3) is 0 Å². The van der Waals surface area contributed by atoms with Crippen molar-refractivity contribution in [1.82, 2.24) is 4.57 Å². The molecule has 0 spiro atoms. The lowest BCUT2D eigenvalue weighted by molar-refractivity contribution is 0.101. The summed E-state index contributed by atoms with van der Waals surface area (Å²) in [7, 11) is 0. The largest absolute Gasteiger partial charge is 0.493 e. The number of carbonyl (C=O) groups excluding carboxylic acids is 1. The number of benzene rings is 3. The predicted octanol–water partition coefficient (Wildman–Crippen LogP) is 7.47. The monoisotopic (exact) mass is 437 g/mol. The van der Waals surface area contributed by atoms with E-state index < -0.39 is 0 Å². The first-order chi connectivity index (χ1) is 16.0. The van der Waals surface area contributed by atoms with E-state index in [1.165, 1.54) is 18.4 Å². The highest BCUT2D eigenvalue weighted by molar-refractivity contribution is 6.10. The van der Waals surface area contributed by atoms with Crippen LogP contribution in [-0.2, 0) is 6.54 Å². The highest BCUT2D eigenvalue weighted by Crippen LogP contribution is 2.37. The Morgan fingerprint density at radius 1 is 1.00 bits per heavy atom. The van der Waals surface area contributed by atoms with E-state index in [1.54, 1.807) is 6.92 Å². The van der Waals surface area contributed by atoms with Crippen molar-refractivity contribution in [1.29, 1.82) is 0 Å². The molecule has 3 aromatic carbocycles. The van der Waals surface area contributed by atoms with E-state index in [0.717, 1.165) is 51.6 Å². The first-order valence-electron chi connectivity index (χ1n) is 12.0. The summed E-state index contributed by atoms with van der Waals surface area (Å²) in [6.07, 6.45) is 2.55. The number of rotatable bonds is 8. The zero-order chi connectivity index (χ0) is 22.9. The van der Waals surface area contributed by atoms with Crippen LogP contribution in [0.4, 0.5) is 0 Å². The van der Waals surface area contributed by atoms with E-state index in [1.807, 2.05) is 18.2 Å². The zero-order valence-electron chi connectivity index (χ0n) is 19.7. The third-order valence-electron chi connectivity index (χ3n) is 6.57. The molecule has 0 amide bonds. The summed E-state index contributed by atoms with van der Waals surface area (Å²) in [4.78, 5) is 13.0. The SMILES string of the molecule is CC(=O)c1c(-c2cccc(C(C)C)c2)c2ccccc2n1Cc1cccc(OCC2CC2)c1. The van der Waals surface area contributed by atoms with Crippen LogP contribution < -0.4 is 4.74 Å². The zero-order valence-corrected chi connectivity index (χ0v) is 19.7. The first kappa shape index (κ1) is 21.5. The van der Waals surface area contributed by atoms with Crippen LogP contribution in [0.25, 0.3) is 22.0 Å². The summed E-state index contributed by atoms with van der Waals surface area (Å²) in [5, 5.41) is 1.12. The number of aromatic nitrogens is 1. The van der Waals surface area contributed by atoms with Gasteiger partial charge in [0.05, 0.1) is 12.3 Å². The summed E-state index contributed by atoms with van der Waals surface area (Å²) in [5.74, 6) is 2.13. The summed E-state index contributed by atoms with van der Waals surface area (Å²) in [6.45, 7) is 7.50. The standard InChI is InChI=1S/C30H31NO2/c1-20(2)24-9-7-10-25(17-24)29-27-12-4-5-13-28(27)31(30(29)21(3)32)18-23-8-6-11-26(16-23)33-19-22-14-15-22/h4-13,16-17,20,22H,14-15,18-19H2,1-3H3. The van der Waals surface area contributed by atoms with Crippen LogP contribution in [0.1, 0.15) is 61.1 Å². The highest BCUT2D eigenvalue weighted by Gasteiger charge is 2.23. The van der Waals surface area contributed by atoms with Crippen molar-refractivity contribution in [3.63, 3.8) is 0 Å². The fourth-order valence-corrected chi connectivity index (χ4v) is 4.59. The van der Waals surface area contributed by atoms with Crippen molar-refractivity contribution >= 4 is 16.7 Å². The number of hydrogen-bond donors (Lipinski definition) is 0. The average molecular weight is 438 g/mol. The molecule has 0 bridgehead atoms. The number of fused-ring (bicyclic) bond motifs is 1. The predicted molar refractivity (Wildman–Crippen MR) is 135 cm³/mol. The Hall–Kier alpha value is -3.33. The van der Waals surface area contributed by atoms with Gasteiger partial charge in [-0.25, -0.2) is 0 Å². The minimum Gasteiger partial charge on any atom is -0.493 e. The van der Waals surface area contributed by atoms with Crippen LogP contribution in [0.5, 0.6) is 5.75 Å². The van der Waals surface area contributed by atoms with Crippen LogP contribution >= 0.6 is 0 Å². The molecule has 0 atom stereocenters. The molecule has 0 N–H and O–H groups in total. The van der Waals surface area contributed by atoms with Gasteiger partial charge in [0.2, 0.25) is 0 Å². The molecular weight excluding hydrogens is 406 g/mol. The van der Waals surface area contributed by atoms with E-state index >= 15 is 0 Å². The quantitative estimate of drug-likeness (QED) is 0.268. The molecule has 0 aliphatic heterocycles. The number of Topliss-reactive ketones (excluding diaryl/α,β-unsaturated/α-hetero) is 1. The third kappa shape index (κ3) is 4.45.